The van der Waals surface area contributed by atoms with Crippen LogP contribution in [0.2, 0.25) is 5.02 Å². The predicted molar refractivity (Wildman–Crippen MR) is 125 cm³/mol. The topological polar surface area (TPSA) is 0 Å². The predicted octanol–water partition coefficient (Wildman–Crippen LogP) is 2.88. The van der Waals surface area contributed by atoms with Gasteiger partial charge in [0.25, 0.3) is 0 Å². The average Bonchev–Trinajstić information content (AvgIpc) is 2.78. The lowest BCUT2D eigenvalue weighted by molar-refractivity contribution is -0.00000531. The van der Waals surface area contributed by atoms with Crippen LogP contribution in [-0.2, 0) is 6.42 Å². The quantitative estimate of drug-likeness (QED) is 0.407. The Morgan fingerprint density at radius 3 is 1.28 bits per heavy atom. The Balaban J connectivity index is 0.00000240. The Morgan fingerprint density at radius 2 is 0.897 bits per heavy atom. The van der Waals surface area contributed by atoms with Crippen LogP contribution in [0.15, 0.2) is 115 Å². The summed E-state index contributed by atoms with van der Waals surface area (Å²) in [5.41, 5.74) is 1.33. The van der Waals surface area contributed by atoms with Crippen molar-refractivity contribution < 1.29 is 12.4 Å². The van der Waals surface area contributed by atoms with Gasteiger partial charge in [0.15, 0.2) is 0 Å². The van der Waals surface area contributed by atoms with Crippen LogP contribution in [0.25, 0.3) is 0 Å². The van der Waals surface area contributed by atoms with Gasteiger partial charge in [-0.2, -0.15) is 0 Å². The van der Waals surface area contributed by atoms with Crippen molar-refractivity contribution in [3.8, 4) is 0 Å². The van der Waals surface area contributed by atoms with Gasteiger partial charge in [-0.25, -0.2) is 0 Å². The Bertz CT molecular complexity index is 904. The monoisotopic (exact) mass is 436 g/mol. The van der Waals surface area contributed by atoms with Gasteiger partial charge in [0, 0.05) is 11.4 Å². The van der Waals surface area contributed by atoms with Crippen molar-refractivity contribution in [3.05, 3.63) is 126 Å². The molecule has 0 aliphatic rings. The Morgan fingerprint density at radius 1 is 0.517 bits per heavy atom. The number of halogens is 2. The summed E-state index contributed by atoms with van der Waals surface area (Å²) < 4.78 is 0. The van der Waals surface area contributed by atoms with E-state index in [2.05, 4.69) is 103 Å². The van der Waals surface area contributed by atoms with Crippen LogP contribution in [0.1, 0.15) is 5.56 Å². The van der Waals surface area contributed by atoms with Gasteiger partial charge in [-0.1, -0.05) is 78.3 Å². The molecule has 0 heterocycles. The van der Waals surface area contributed by atoms with E-state index in [9.17, 15) is 0 Å². The molecular formula is C26H23Cl2P. The molecule has 0 fully saturated rings. The van der Waals surface area contributed by atoms with Gasteiger partial charge in [-0.05, 0) is 54.1 Å². The Labute approximate surface area is 185 Å². The third-order valence-corrected chi connectivity index (χ3v) is 9.93. The molecule has 0 nitrogen and oxygen atoms in total. The highest BCUT2D eigenvalue weighted by atomic mass is 35.5. The fraction of sp³-hybridized carbons (Fsp3) is 0.0769. The second kappa shape index (κ2) is 10.1. The molecular weight excluding hydrogens is 414 g/mol. The van der Waals surface area contributed by atoms with E-state index in [1.807, 2.05) is 12.1 Å². The standard InChI is InChI=1S/C26H23ClP.ClH/c27-23-18-16-22(17-19-23)20-21-28(24-10-4-1-5-11-24,25-12-6-2-7-13-25)26-14-8-3-9-15-26;/h1-19H,20-21H2;1H/q+1;/p-1. The van der Waals surface area contributed by atoms with Gasteiger partial charge in [0.05, 0.1) is 6.16 Å². The zero-order valence-corrected chi connectivity index (χ0v) is 18.5. The minimum absolute atomic E-state index is 0. The van der Waals surface area contributed by atoms with Gasteiger partial charge >= 0.3 is 0 Å². The second-order valence-electron chi connectivity index (χ2n) is 6.92. The fourth-order valence-corrected chi connectivity index (χ4v) is 8.26. The van der Waals surface area contributed by atoms with Crippen LogP contribution in [0.4, 0.5) is 0 Å². The first-order chi connectivity index (χ1) is 13.8. The summed E-state index contributed by atoms with van der Waals surface area (Å²) in [6.07, 6.45) is 2.11. The van der Waals surface area contributed by atoms with Crippen LogP contribution in [0.3, 0.4) is 0 Å². The van der Waals surface area contributed by atoms with Gasteiger partial charge in [-0.15, -0.1) is 0 Å². The molecule has 0 unspecified atom stereocenters. The molecule has 0 saturated heterocycles. The number of aryl methyl sites for hydroxylation is 1. The second-order valence-corrected chi connectivity index (χ2v) is 11.0. The lowest BCUT2D eigenvalue weighted by Gasteiger charge is -2.27. The van der Waals surface area contributed by atoms with Crippen LogP contribution >= 0.6 is 18.9 Å². The first-order valence-electron chi connectivity index (χ1n) is 9.58. The van der Waals surface area contributed by atoms with Crippen LogP contribution in [-0.4, -0.2) is 6.16 Å². The molecule has 0 bridgehead atoms. The maximum atomic E-state index is 6.10. The molecule has 3 heteroatoms. The van der Waals surface area contributed by atoms with E-state index < -0.39 is 7.26 Å². The Kier molecular flexibility index (Phi) is 7.51. The maximum Gasteiger partial charge on any atom is 0.112 e. The summed E-state index contributed by atoms with van der Waals surface area (Å²) in [4.78, 5) is 0. The zero-order valence-electron chi connectivity index (χ0n) is 16.1. The highest BCUT2D eigenvalue weighted by Crippen LogP contribution is 2.55. The normalized spacial score (nSPS) is 10.9. The van der Waals surface area contributed by atoms with Crippen LogP contribution < -0.4 is 28.3 Å². The van der Waals surface area contributed by atoms with E-state index >= 15 is 0 Å². The van der Waals surface area contributed by atoms with Gasteiger partial charge < -0.3 is 12.4 Å². The molecule has 29 heavy (non-hydrogen) atoms. The number of hydrogen-bond acceptors (Lipinski definition) is 0. The molecule has 0 aliphatic heterocycles. The van der Waals surface area contributed by atoms with E-state index in [0.717, 1.165) is 17.6 Å². The summed E-state index contributed by atoms with van der Waals surface area (Å²) in [7, 11) is -1.76. The molecule has 0 radical (unpaired) electrons. The van der Waals surface area contributed by atoms with Crippen LogP contribution in [0.5, 0.6) is 0 Å². The van der Waals surface area contributed by atoms with Gasteiger partial charge in [0.1, 0.15) is 23.2 Å². The fourth-order valence-electron chi connectivity index (χ4n) is 3.83. The molecule has 0 aliphatic carbocycles. The smallest absolute Gasteiger partial charge is 0.112 e. The lowest BCUT2D eigenvalue weighted by atomic mass is 10.2. The number of hydrogen-bond donors (Lipinski definition) is 0. The van der Waals surface area contributed by atoms with E-state index in [4.69, 9.17) is 11.6 Å². The first kappa shape index (κ1) is 21.6. The van der Waals surface area contributed by atoms with Crippen LogP contribution in [0, 0.1) is 0 Å². The molecule has 0 saturated carbocycles. The molecule has 0 aromatic heterocycles. The van der Waals surface area contributed by atoms with Crippen molar-refractivity contribution in [3.63, 3.8) is 0 Å². The zero-order chi connectivity index (χ0) is 19.2. The largest absolute Gasteiger partial charge is 1.00 e. The van der Waals surface area contributed by atoms with Crippen molar-refractivity contribution in [2.75, 3.05) is 6.16 Å². The minimum atomic E-state index is -1.76. The third kappa shape index (κ3) is 4.73. The number of rotatable bonds is 6. The molecule has 0 atom stereocenters. The van der Waals surface area contributed by atoms with Crippen molar-refractivity contribution in [2.24, 2.45) is 0 Å². The first-order valence-corrected chi connectivity index (χ1v) is 11.9. The molecule has 4 aromatic rings. The van der Waals surface area contributed by atoms with E-state index in [1.165, 1.54) is 21.5 Å². The summed E-state index contributed by atoms with van der Waals surface area (Å²) >= 11 is 6.10. The van der Waals surface area contributed by atoms with E-state index in [-0.39, 0.29) is 12.4 Å². The Hall–Kier alpha value is -2.11. The lowest BCUT2D eigenvalue weighted by Crippen LogP contribution is -3.00. The van der Waals surface area contributed by atoms with Crippen molar-refractivity contribution in [1.29, 1.82) is 0 Å². The van der Waals surface area contributed by atoms with Gasteiger partial charge in [0.2, 0.25) is 0 Å². The molecule has 146 valence electrons. The third-order valence-electron chi connectivity index (χ3n) is 5.24. The summed E-state index contributed by atoms with van der Waals surface area (Å²) in [5, 5.41) is 5.09. The molecule has 4 rings (SSSR count). The van der Waals surface area contributed by atoms with Crippen molar-refractivity contribution in [2.45, 2.75) is 6.42 Å². The molecule has 0 amide bonds. The SMILES string of the molecule is Clc1ccc(CC[P+](c2ccccc2)(c2ccccc2)c2ccccc2)cc1.[Cl-]. The summed E-state index contributed by atoms with van der Waals surface area (Å²) in [6, 6.07) is 41.4. The van der Waals surface area contributed by atoms with Crippen molar-refractivity contribution in [1.82, 2.24) is 0 Å². The van der Waals surface area contributed by atoms with E-state index in [0.29, 0.717) is 0 Å². The molecule has 0 spiro atoms. The van der Waals surface area contributed by atoms with Crippen molar-refractivity contribution >= 4 is 34.8 Å². The highest BCUT2D eigenvalue weighted by molar-refractivity contribution is 7.95. The summed E-state index contributed by atoms with van der Waals surface area (Å²) in [5.74, 6) is 0. The van der Waals surface area contributed by atoms with Gasteiger partial charge in [-0.3, -0.25) is 0 Å². The maximum absolute atomic E-state index is 6.10. The molecule has 0 N–H and O–H groups in total. The number of benzene rings is 4. The summed E-state index contributed by atoms with van der Waals surface area (Å²) in [6.45, 7) is 0. The average molecular weight is 437 g/mol. The highest BCUT2D eigenvalue weighted by Gasteiger charge is 2.44. The van der Waals surface area contributed by atoms with E-state index in [1.54, 1.807) is 0 Å². The minimum Gasteiger partial charge on any atom is -1.00 e. The molecule has 4 aromatic carbocycles.